The molecule has 0 unspecified atom stereocenters. The highest BCUT2D eigenvalue weighted by Gasteiger charge is 2.41. The Hall–Kier alpha value is -1.50. The first kappa shape index (κ1) is 12.0. The molecule has 94 valence electrons. The summed E-state index contributed by atoms with van der Waals surface area (Å²) in [5.41, 5.74) is 4.32. The average Bonchev–Trinajstić information content (AvgIpc) is 2.51. The van der Waals surface area contributed by atoms with E-state index in [0.29, 0.717) is 0 Å². The number of nitrogens with two attached hydrogens (primary N) is 1. The fourth-order valence-corrected chi connectivity index (χ4v) is 1.80. The van der Waals surface area contributed by atoms with Gasteiger partial charge in [0, 0.05) is 5.92 Å². The van der Waals surface area contributed by atoms with E-state index in [-0.39, 0.29) is 12.0 Å². The maximum Gasteiger partial charge on any atom is 0.351 e. The molecule has 5 nitrogen and oxygen atoms in total. The van der Waals surface area contributed by atoms with Crippen LogP contribution in [0.5, 0.6) is 0 Å². The van der Waals surface area contributed by atoms with Crippen molar-refractivity contribution in [3.63, 3.8) is 0 Å². The van der Waals surface area contributed by atoms with Crippen molar-refractivity contribution in [3.8, 4) is 0 Å². The van der Waals surface area contributed by atoms with E-state index < -0.39 is 29.7 Å². The van der Waals surface area contributed by atoms with Gasteiger partial charge in [0.15, 0.2) is 24.0 Å². The number of ether oxygens (including phenoxy) is 1. The molecule has 2 rings (SSSR count). The number of nitrogen functional groups attached to an aromatic ring is 1. The van der Waals surface area contributed by atoms with E-state index in [4.69, 9.17) is 10.5 Å². The molecule has 2 N–H and O–H groups in total. The summed E-state index contributed by atoms with van der Waals surface area (Å²) in [7, 11) is 0. The van der Waals surface area contributed by atoms with Gasteiger partial charge < -0.3 is 10.5 Å². The molecule has 0 aromatic carbocycles. The first-order valence-corrected chi connectivity index (χ1v) is 5.25. The van der Waals surface area contributed by atoms with Gasteiger partial charge in [-0.15, -0.1) is 0 Å². The van der Waals surface area contributed by atoms with E-state index in [9.17, 15) is 13.6 Å². The predicted molar refractivity (Wildman–Crippen MR) is 56.5 cm³/mol. The zero-order chi connectivity index (χ0) is 12.7. The molecule has 7 heteroatoms. The van der Waals surface area contributed by atoms with Gasteiger partial charge in [-0.2, -0.15) is 4.98 Å². The van der Waals surface area contributed by atoms with Gasteiger partial charge in [-0.1, -0.05) is 6.92 Å². The Kier molecular flexibility index (Phi) is 2.86. The van der Waals surface area contributed by atoms with Crippen molar-refractivity contribution < 1.29 is 13.5 Å². The van der Waals surface area contributed by atoms with Gasteiger partial charge in [0.1, 0.15) is 0 Å². The summed E-state index contributed by atoms with van der Waals surface area (Å²) in [4.78, 5) is 14.8. The highest BCUT2D eigenvalue weighted by molar-refractivity contribution is 5.26. The van der Waals surface area contributed by atoms with Crippen LogP contribution < -0.4 is 11.4 Å². The number of halogens is 2. The van der Waals surface area contributed by atoms with Crippen molar-refractivity contribution in [1.82, 2.24) is 9.55 Å². The lowest BCUT2D eigenvalue weighted by atomic mass is 10.0. The van der Waals surface area contributed by atoms with E-state index in [1.165, 1.54) is 0 Å². The van der Waals surface area contributed by atoms with Gasteiger partial charge in [0.05, 0.1) is 12.3 Å². The maximum atomic E-state index is 13.9. The van der Waals surface area contributed by atoms with Crippen molar-refractivity contribution >= 4 is 5.82 Å². The molecular formula is C10H13F2N3O2. The zero-order valence-electron chi connectivity index (χ0n) is 9.43. The van der Waals surface area contributed by atoms with E-state index in [1.807, 2.05) is 0 Å². The van der Waals surface area contributed by atoms with Gasteiger partial charge in [0.25, 0.3) is 0 Å². The van der Waals surface area contributed by atoms with Crippen LogP contribution in [0.15, 0.2) is 11.0 Å². The minimum atomic E-state index is -1.38. The molecule has 0 aliphatic carbocycles. The molecule has 2 heterocycles. The first-order valence-electron chi connectivity index (χ1n) is 5.25. The van der Waals surface area contributed by atoms with Gasteiger partial charge in [-0.25, -0.2) is 13.6 Å². The van der Waals surface area contributed by atoms with E-state index >= 15 is 0 Å². The Morgan fingerprint density at radius 1 is 1.53 bits per heavy atom. The summed E-state index contributed by atoms with van der Waals surface area (Å²) in [6.07, 6.45) is -2.04. The van der Waals surface area contributed by atoms with Crippen LogP contribution >= 0.6 is 0 Å². The van der Waals surface area contributed by atoms with Gasteiger partial charge in [0.2, 0.25) is 0 Å². The van der Waals surface area contributed by atoms with Crippen molar-refractivity contribution in [2.24, 2.45) is 5.92 Å². The highest BCUT2D eigenvalue weighted by Crippen LogP contribution is 2.35. The van der Waals surface area contributed by atoms with Gasteiger partial charge in [-0.05, 0) is 6.92 Å². The molecular weight excluding hydrogens is 232 g/mol. The number of aromatic nitrogens is 2. The predicted octanol–water partition coefficient (Wildman–Crippen LogP) is 0.856. The number of alkyl halides is 1. The molecule has 4 atom stereocenters. The Labute approximate surface area is 96.2 Å². The number of rotatable bonds is 1. The monoisotopic (exact) mass is 245 g/mol. The third kappa shape index (κ3) is 1.90. The fourth-order valence-electron chi connectivity index (χ4n) is 1.80. The van der Waals surface area contributed by atoms with Crippen molar-refractivity contribution in [3.05, 3.63) is 22.5 Å². The second-order valence-corrected chi connectivity index (χ2v) is 4.20. The van der Waals surface area contributed by atoms with Gasteiger partial charge >= 0.3 is 5.69 Å². The van der Waals surface area contributed by atoms with Crippen LogP contribution in [0.4, 0.5) is 14.6 Å². The molecule has 0 saturated carbocycles. The van der Waals surface area contributed by atoms with Crippen LogP contribution in [0.3, 0.4) is 0 Å². The second kappa shape index (κ2) is 4.06. The van der Waals surface area contributed by atoms with Crippen LogP contribution in [-0.4, -0.2) is 21.8 Å². The summed E-state index contributed by atoms with van der Waals surface area (Å²) >= 11 is 0. The summed E-state index contributed by atoms with van der Waals surface area (Å²) in [5, 5.41) is 0. The third-order valence-corrected chi connectivity index (χ3v) is 3.08. The molecule has 0 amide bonds. The van der Waals surface area contributed by atoms with Crippen molar-refractivity contribution in [2.75, 3.05) is 5.73 Å². The van der Waals surface area contributed by atoms with Crippen molar-refractivity contribution in [1.29, 1.82) is 0 Å². The smallest absolute Gasteiger partial charge is 0.351 e. The fraction of sp³-hybridized carbons (Fsp3) is 0.600. The van der Waals surface area contributed by atoms with Crippen LogP contribution in [0, 0.1) is 11.7 Å². The minimum Gasteiger partial charge on any atom is -0.381 e. The lowest BCUT2D eigenvalue weighted by molar-refractivity contribution is -0.0159. The maximum absolute atomic E-state index is 13.9. The number of hydrogen-bond donors (Lipinski definition) is 1. The molecule has 1 aliphatic heterocycles. The third-order valence-electron chi connectivity index (χ3n) is 3.08. The standard InChI is InChI=1S/C10H13F2N3O2/c1-4-5(2)17-9(7(4)12)15-3-6(11)8(13)14-10(15)16/h3-5,7,9H,1-2H3,(H2,13,14,16)/t4-,5-,7+,9-/m1/s1. The Balaban J connectivity index is 2.42. The molecule has 0 spiro atoms. The molecule has 1 aliphatic rings. The largest absolute Gasteiger partial charge is 0.381 e. The van der Waals surface area contributed by atoms with Crippen LogP contribution in [0.1, 0.15) is 20.1 Å². The van der Waals surface area contributed by atoms with Crippen LogP contribution in [0.2, 0.25) is 0 Å². The molecule has 17 heavy (non-hydrogen) atoms. The lowest BCUT2D eigenvalue weighted by Crippen LogP contribution is -2.32. The average molecular weight is 245 g/mol. The van der Waals surface area contributed by atoms with Gasteiger partial charge in [-0.3, -0.25) is 4.57 Å². The lowest BCUT2D eigenvalue weighted by Gasteiger charge is -2.16. The Bertz CT molecular complexity index is 491. The number of anilines is 1. The molecule has 0 bridgehead atoms. The Morgan fingerprint density at radius 3 is 2.71 bits per heavy atom. The molecule has 1 saturated heterocycles. The summed E-state index contributed by atoms with van der Waals surface area (Å²) < 4.78 is 33.2. The van der Waals surface area contributed by atoms with E-state index in [1.54, 1.807) is 13.8 Å². The van der Waals surface area contributed by atoms with E-state index in [0.717, 1.165) is 10.8 Å². The summed E-state index contributed by atoms with van der Waals surface area (Å²) in [6.45, 7) is 3.37. The minimum absolute atomic E-state index is 0.345. The molecule has 0 radical (unpaired) electrons. The molecule has 1 fully saturated rings. The Morgan fingerprint density at radius 2 is 2.18 bits per heavy atom. The van der Waals surface area contributed by atoms with Crippen molar-refractivity contribution in [2.45, 2.75) is 32.4 Å². The highest BCUT2D eigenvalue weighted by atomic mass is 19.1. The zero-order valence-corrected chi connectivity index (χ0v) is 9.43. The topological polar surface area (TPSA) is 70.1 Å². The molecule has 1 aromatic rings. The van der Waals surface area contributed by atoms with Crippen LogP contribution in [0.25, 0.3) is 0 Å². The SMILES string of the molecule is C[C@H]1[C@H](F)[C@H](n2cc(F)c(N)nc2=O)O[C@@H]1C. The molecule has 1 aromatic heterocycles. The first-order chi connectivity index (χ1) is 7.91. The summed E-state index contributed by atoms with van der Waals surface area (Å²) in [6, 6.07) is 0. The summed E-state index contributed by atoms with van der Waals surface area (Å²) in [5.74, 6) is -1.74. The normalized spacial score (nSPS) is 32.9. The van der Waals surface area contributed by atoms with E-state index in [2.05, 4.69) is 4.98 Å². The van der Waals surface area contributed by atoms with Crippen LogP contribution in [-0.2, 0) is 4.74 Å². The quantitative estimate of drug-likeness (QED) is 0.796. The number of hydrogen-bond acceptors (Lipinski definition) is 4. The number of nitrogens with zero attached hydrogens (tertiary/aromatic N) is 2. The second-order valence-electron chi connectivity index (χ2n) is 4.20.